The van der Waals surface area contributed by atoms with E-state index in [1.165, 1.54) is 11.8 Å². The number of nitrogens with zero attached hydrogens (tertiary/aromatic N) is 2. The van der Waals surface area contributed by atoms with E-state index in [0.717, 1.165) is 11.1 Å². The number of piperidine rings is 1. The van der Waals surface area contributed by atoms with Crippen molar-refractivity contribution in [3.8, 4) is 0 Å². The van der Waals surface area contributed by atoms with E-state index in [-0.39, 0.29) is 18.9 Å². The Hall–Kier alpha value is -4.16. The van der Waals surface area contributed by atoms with Crippen LogP contribution in [0.25, 0.3) is 0 Å². The van der Waals surface area contributed by atoms with E-state index in [1.54, 1.807) is 65.6 Å². The number of aliphatic hydroxyl groups is 1. The summed E-state index contributed by atoms with van der Waals surface area (Å²) in [7, 11) is 1.60. The number of hydrogen-bond donors (Lipinski definition) is 3. The lowest BCUT2D eigenvalue weighted by Crippen LogP contribution is -2.65. The van der Waals surface area contributed by atoms with Gasteiger partial charge in [0.25, 0.3) is 0 Å². The molecular weight excluding hydrogens is 688 g/mol. The van der Waals surface area contributed by atoms with Crippen LogP contribution in [0, 0.1) is 5.92 Å². The molecule has 1 aliphatic heterocycles. The third kappa shape index (κ3) is 12.8. The fraction of sp³-hybridized carbons (Fsp3) is 0.564. The lowest BCUT2D eigenvalue weighted by atomic mass is 9.80. The van der Waals surface area contributed by atoms with Gasteiger partial charge in [-0.25, -0.2) is 4.79 Å². The van der Waals surface area contributed by atoms with Gasteiger partial charge in [-0.05, 0) is 97.4 Å². The van der Waals surface area contributed by atoms with Crippen molar-refractivity contribution < 1.29 is 38.6 Å². The summed E-state index contributed by atoms with van der Waals surface area (Å²) in [6.45, 7) is 11.7. The van der Waals surface area contributed by atoms with Crippen LogP contribution in [0.15, 0.2) is 54.6 Å². The van der Waals surface area contributed by atoms with Crippen molar-refractivity contribution in [1.29, 1.82) is 0 Å². The number of hydrogen-bond acceptors (Lipinski definition) is 8. The lowest BCUT2D eigenvalue weighted by Gasteiger charge is -2.49. The molecule has 0 saturated carbocycles. The van der Waals surface area contributed by atoms with E-state index >= 15 is 0 Å². The first-order chi connectivity index (χ1) is 24.2. The molecule has 3 rings (SSSR count). The number of nitrogens with one attached hydrogen (secondary N) is 2. The van der Waals surface area contributed by atoms with Crippen molar-refractivity contribution in [2.24, 2.45) is 5.92 Å². The zero-order valence-corrected chi connectivity index (χ0v) is 32.4. The number of aliphatic hydroxyl groups excluding tert-OH is 1. The maximum Gasteiger partial charge on any atom is 0.408 e. The molecule has 0 spiro atoms. The predicted molar refractivity (Wildman–Crippen MR) is 198 cm³/mol. The van der Waals surface area contributed by atoms with Crippen LogP contribution < -0.4 is 10.6 Å². The Morgan fingerprint density at radius 3 is 2.12 bits per heavy atom. The molecule has 2 aromatic rings. The van der Waals surface area contributed by atoms with E-state index in [2.05, 4.69) is 10.6 Å². The van der Waals surface area contributed by atoms with Gasteiger partial charge >= 0.3 is 12.1 Å². The average molecular weight is 743 g/mol. The summed E-state index contributed by atoms with van der Waals surface area (Å²) >= 11 is 6.19. The van der Waals surface area contributed by atoms with Gasteiger partial charge in [0.2, 0.25) is 17.7 Å². The van der Waals surface area contributed by atoms with Crippen LogP contribution in [0.2, 0.25) is 5.02 Å². The quantitative estimate of drug-likeness (QED) is 0.250. The van der Waals surface area contributed by atoms with Crippen LogP contribution in [0.4, 0.5) is 4.79 Å². The highest BCUT2D eigenvalue weighted by molar-refractivity contribution is 6.30. The van der Waals surface area contributed by atoms with Gasteiger partial charge in [-0.1, -0.05) is 54.1 Å². The van der Waals surface area contributed by atoms with E-state index in [9.17, 15) is 29.1 Å². The van der Waals surface area contributed by atoms with Gasteiger partial charge in [0.05, 0.1) is 24.5 Å². The van der Waals surface area contributed by atoms with Gasteiger partial charge in [0.15, 0.2) is 0 Å². The summed E-state index contributed by atoms with van der Waals surface area (Å²) in [5.41, 5.74) is -0.689. The molecule has 0 aromatic heterocycles. The van der Waals surface area contributed by atoms with Gasteiger partial charge in [-0.3, -0.25) is 19.2 Å². The summed E-state index contributed by atoms with van der Waals surface area (Å²) in [5.74, 6) is -2.68. The van der Waals surface area contributed by atoms with Crippen LogP contribution in [0.1, 0.15) is 78.9 Å². The zero-order valence-electron chi connectivity index (χ0n) is 31.7. The van der Waals surface area contributed by atoms with Crippen molar-refractivity contribution in [2.75, 3.05) is 26.7 Å². The minimum absolute atomic E-state index is 0.116. The van der Waals surface area contributed by atoms with Gasteiger partial charge in [0.1, 0.15) is 23.3 Å². The number of esters is 1. The van der Waals surface area contributed by atoms with Crippen molar-refractivity contribution in [1.82, 2.24) is 20.4 Å². The first-order valence-corrected chi connectivity index (χ1v) is 18.1. The highest BCUT2D eigenvalue weighted by Crippen LogP contribution is 2.33. The summed E-state index contributed by atoms with van der Waals surface area (Å²) in [4.78, 5) is 70.2. The smallest absolute Gasteiger partial charge is 0.408 e. The Balaban J connectivity index is 1.91. The molecule has 1 fully saturated rings. The Bertz CT molecular complexity index is 1540. The van der Waals surface area contributed by atoms with Gasteiger partial charge in [-0.15, -0.1) is 0 Å². The van der Waals surface area contributed by atoms with Gasteiger partial charge < -0.3 is 35.0 Å². The van der Waals surface area contributed by atoms with E-state index in [4.69, 9.17) is 21.1 Å². The fourth-order valence-electron chi connectivity index (χ4n) is 6.31. The number of carbonyl (C=O) groups excluding carboxylic acids is 5. The van der Waals surface area contributed by atoms with Gasteiger partial charge in [-0.2, -0.15) is 0 Å². The largest absolute Gasteiger partial charge is 0.460 e. The molecule has 52 heavy (non-hydrogen) atoms. The second kappa shape index (κ2) is 18.1. The Morgan fingerprint density at radius 2 is 1.54 bits per heavy atom. The Morgan fingerprint density at radius 1 is 0.923 bits per heavy atom. The number of likely N-dealkylation sites (N-methyl/N-ethyl adjacent to an activating group) is 1. The molecular formula is C39H55ClN4O8. The first kappa shape index (κ1) is 42.3. The molecule has 286 valence electrons. The van der Waals surface area contributed by atoms with Crippen LogP contribution in [-0.2, 0) is 41.5 Å². The van der Waals surface area contributed by atoms with Crippen LogP contribution in [-0.4, -0.2) is 100 Å². The molecule has 4 amide bonds. The SMILES string of the molecule is C[C@H](NC(=O)OC(C)(C)C)C(=O)N[C@@H](CO)C(=O)N(C)[C@@]1(Cc2ccc(Cl)cc2)CCCN(C(=O)[C@@H](CC(=O)OC(C)(C)C)Cc2ccccc2)C1. The maximum atomic E-state index is 14.4. The second-order valence-electron chi connectivity index (χ2n) is 15.6. The molecule has 0 aliphatic carbocycles. The molecule has 4 atom stereocenters. The van der Waals surface area contributed by atoms with E-state index in [0.29, 0.717) is 37.3 Å². The molecule has 0 unspecified atom stereocenters. The molecule has 3 N–H and O–H groups in total. The minimum Gasteiger partial charge on any atom is -0.460 e. The normalized spacial score (nSPS) is 18.0. The van der Waals surface area contributed by atoms with Gasteiger partial charge in [0, 0.05) is 25.2 Å². The fourth-order valence-corrected chi connectivity index (χ4v) is 6.43. The van der Waals surface area contributed by atoms with Crippen molar-refractivity contribution in [3.63, 3.8) is 0 Å². The Labute approximate surface area is 312 Å². The van der Waals surface area contributed by atoms with E-state index in [1.807, 2.05) is 42.5 Å². The molecule has 2 aromatic carbocycles. The number of halogens is 1. The third-order valence-electron chi connectivity index (χ3n) is 8.79. The number of alkyl carbamates (subject to hydrolysis) is 1. The molecule has 1 heterocycles. The highest BCUT2D eigenvalue weighted by atomic mass is 35.5. The van der Waals surface area contributed by atoms with Crippen LogP contribution in [0.5, 0.6) is 0 Å². The topological polar surface area (TPSA) is 155 Å². The zero-order chi connectivity index (χ0) is 38.9. The van der Waals surface area contributed by atoms with Crippen LogP contribution in [0.3, 0.4) is 0 Å². The van der Waals surface area contributed by atoms with Crippen molar-refractivity contribution in [3.05, 3.63) is 70.7 Å². The highest BCUT2D eigenvalue weighted by Gasteiger charge is 2.45. The number of rotatable bonds is 13. The molecule has 13 heteroatoms. The van der Waals surface area contributed by atoms with E-state index < -0.39 is 65.2 Å². The molecule has 12 nitrogen and oxygen atoms in total. The number of likely N-dealkylation sites (tertiary alicyclic amines) is 1. The number of ether oxygens (including phenoxy) is 2. The predicted octanol–water partition coefficient (Wildman–Crippen LogP) is 4.68. The molecule has 0 radical (unpaired) electrons. The Kier molecular flexibility index (Phi) is 14.7. The molecule has 0 bridgehead atoms. The minimum atomic E-state index is -1.34. The summed E-state index contributed by atoms with van der Waals surface area (Å²) < 4.78 is 10.8. The second-order valence-corrected chi connectivity index (χ2v) is 16.0. The maximum absolute atomic E-state index is 14.4. The molecule has 1 aliphatic rings. The third-order valence-corrected chi connectivity index (χ3v) is 9.04. The van der Waals surface area contributed by atoms with Crippen molar-refractivity contribution in [2.45, 2.75) is 109 Å². The van der Waals surface area contributed by atoms with Crippen molar-refractivity contribution >= 4 is 41.4 Å². The summed E-state index contributed by atoms with van der Waals surface area (Å²) in [5, 5.41) is 15.9. The summed E-state index contributed by atoms with van der Waals surface area (Å²) in [6.07, 6.45) is 0.810. The molecule has 1 saturated heterocycles. The standard InChI is InChI=1S/C39H55ClN4O8/c1-26(41-36(50)52-38(5,6)7)33(47)42-31(24-45)35(49)43(8)39(23-28-15-17-30(40)18-16-28)19-12-20-44(25-39)34(48)29(21-27-13-10-9-11-14-27)22-32(46)51-37(2,3)4/h9-11,13-18,26,29,31,45H,12,19-25H2,1-8H3,(H,41,50)(H,42,47)/t26-,29+,31-,39+/m0/s1. The number of amides is 4. The van der Waals surface area contributed by atoms with Crippen LogP contribution >= 0.6 is 11.6 Å². The monoisotopic (exact) mass is 742 g/mol. The number of carbonyl (C=O) groups is 5. The lowest BCUT2D eigenvalue weighted by molar-refractivity contribution is -0.159. The first-order valence-electron chi connectivity index (χ1n) is 17.7. The average Bonchev–Trinajstić information content (AvgIpc) is 3.05. The summed E-state index contributed by atoms with van der Waals surface area (Å²) in [6, 6.07) is 14.3. The number of benzene rings is 2.